The molecule has 2 amide bonds. The molecular weight excluding hydrogens is 331 g/mol. The molecule has 1 aliphatic rings. The fraction of sp³-hybridized carbons (Fsp3) is 0.150. The molecule has 0 unspecified atom stereocenters. The molecule has 3 aromatic rings. The first-order valence-electron chi connectivity index (χ1n) is 8.39. The fourth-order valence-corrected chi connectivity index (χ4v) is 3.23. The largest absolute Gasteiger partial charge is 0.351 e. The molecule has 0 atom stereocenters. The monoisotopic (exact) mass is 348 g/mol. The minimum Gasteiger partial charge on any atom is -0.351 e. The first-order chi connectivity index (χ1) is 12.6. The number of hydrogen-bond donors (Lipinski definition) is 1. The lowest BCUT2D eigenvalue weighted by atomic mass is 9.99. The standard InChI is InChI=1S/C20H17FN4O/c21-18-5-3-13(4-6-18)15-9-16(11-23-10-15)17-8-14-2-1-7-25(20(22)26)19(14)24-12-17/h3-6,8-12H,1-2,7H2,(H2,22,26). The maximum absolute atomic E-state index is 13.1. The van der Waals surface area contributed by atoms with Crippen molar-refractivity contribution in [3.8, 4) is 22.3 Å². The molecule has 3 heterocycles. The lowest BCUT2D eigenvalue weighted by molar-refractivity contribution is 0.253. The van der Waals surface area contributed by atoms with E-state index >= 15 is 0 Å². The van der Waals surface area contributed by atoms with Crippen LogP contribution in [-0.2, 0) is 6.42 Å². The maximum Gasteiger partial charge on any atom is 0.320 e. The fourth-order valence-electron chi connectivity index (χ4n) is 3.23. The predicted molar refractivity (Wildman–Crippen MR) is 98.1 cm³/mol. The predicted octanol–water partition coefficient (Wildman–Crippen LogP) is 3.78. The number of carbonyl (C=O) groups is 1. The van der Waals surface area contributed by atoms with Gasteiger partial charge in [0.15, 0.2) is 0 Å². The zero-order chi connectivity index (χ0) is 18.1. The number of halogens is 1. The van der Waals surface area contributed by atoms with Gasteiger partial charge in [0.1, 0.15) is 11.6 Å². The van der Waals surface area contributed by atoms with Gasteiger partial charge in [0.25, 0.3) is 0 Å². The van der Waals surface area contributed by atoms with Crippen LogP contribution in [0.25, 0.3) is 22.3 Å². The summed E-state index contributed by atoms with van der Waals surface area (Å²) in [5.74, 6) is 0.367. The Morgan fingerprint density at radius 1 is 1.00 bits per heavy atom. The number of fused-ring (bicyclic) bond motifs is 1. The second-order valence-corrected chi connectivity index (χ2v) is 6.27. The van der Waals surface area contributed by atoms with Gasteiger partial charge in [-0.25, -0.2) is 14.2 Å². The average molecular weight is 348 g/mol. The van der Waals surface area contributed by atoms with Crippen LogP contribution in [0, 0.1) is 5.82 Å². The third kappa shape index (κ3) is 3.01. The van der Waals surface area contributed by atoms with Gasteiger partial charge in [-0.3, -0.25) is 9.88 Å². The number of primary amides is 1. The van der Waals surface area contributed by atoms with E-state index in [0.29, 0.717) is 12.4 Å². The smallest absolute Gasteiger partial charge is 0.320 e. The normalized spacial score (nSPS) is 13.3. The number of nitrogens with two attached hydrogens (primary N) is 1. The van der Waals surface area contributed by atoms with Gasteiger partial charge in [0, 0.05) is 41.8 Å². The van der Waals surface area contributed by atoms with Crippen LogP contribution in [0.4, 0.5) is 15.0 Å². The molecule has 1 aromatic carbocycles. The average Bonchev–Trinajstić information content (AvgIpc) is 2.67. The second kappa shape index (κ2) is 6.55. The SMILES string of the molecule is NC(=O)N1CCCc2cc(-c3cncc(-c4ccc(F)cc4)c3)cnc21. The van der Waals surface area contributed by atoms with Crippen LogP contribution in [0.2, 0.25) is 0 Å². The molecule has 26 heavy (non-hydrogen) atoms. The molecule has 4 rings (SSSR count). The summed E-state index contributed by atoms with van der Waals surface area (Å²) in [6, 6.07) is 9.87. The number of urea groups is 1. The molecule has 5 nitrogen and oxygen atoms in total. The van der Waals surface area contributed by atoms with Gasteiger partial charge in [-0.05, 0) is 48.2 Å². The Bertz CT molecular complexity index is 972. The summed E-state index contributed by atoms with van der Waals surface area (Å²) in [5, 5.41) is 0. The summed E-state index contributed by atoms with van der Waals surface area (Å²) >= 11 is 0. The highest BCUT2D eigenvalue weighted by Crippen LogP contribution is 2.30. The topological polar surface area (TPSA) is 72.1 Å². The van der Waals surface area contributed by atoms with Gasteiger partial charge in [-0.15, -0.1) is 0 Å². The Balaban J connectivity index is 1.71. The molecule has 0 fully saturated rings. The molecule has 0 bridgehead atoms. The third-order valence-corrected chi connectivity index (χ3v) is 4.54. The van der Waals surface area contributed by atoms with Crippen LogP contribution in [0.5, 0.6) is 0 Å². The number of carbonyl (C=O) groups excluding carboxylic acids is 1. The van der Waals surface area contributed by atoms with Crippen molar-refractivity contribution in [2.24, 2.45) is 5.73 Å². The van der Waals surface area contributed by atoms with E-state index < -0.39 is 6.03 Å². The molecule has 2 N–H and O–H groups in total. The minimum absolute atomic E-state index is 0.268. The van der Waals surface area contributed by atoms with Gasteiger partial charge in [-0.1, -0.05) is 12.1 Å². The van der Waals surface area contributed by atoms with E-state index in [9.17, 15) is 9.18 Å². The Hall–Kier alpha value is -3.28. The van der Waals surface area contributed by atoms with Crippen molar-refractivity contribution in [2.45, 2.75) is 12.8 Å². The number of hydrogen-bond acceptors (Lipinski definition) is 3. The summed E-state index contributed by atoms with van der Waals surface area (Å²) in [4.78, 5) is 21.8. The van der Waals surface area contributed by atoms with Crippen molar-refractivity contribution in [1.29, 1.82) is 0 Å². The molecule has 0 saturated heterocycles. The Kier molecular flexibility index (Phi) is 4.08. The molecule has 6 heteroatoms. The summed E-state index contributed by atoms with van der Waals surface area (Å²) < 4.78 is 13.1. The lowest BCUT2D eigenvalue weighted by Crippen LogP contribution is -2.40. The van der Waals surface area contributed by atoms with Gasteiger partial charge < -0.3 is 5.73 Å². The van der Waals surface area contributed by atoms with E-state index in [1.807, 2.05) is 12.1 Å². The number of benzene rings is 1. The molecule has 0 spiro atoms. The number of aromatic nitrogens is 2. The van der Waals surface area contributed by atoms with Crippen molar-refractivity contribution < 1.29 is 9.18 Å². The molecule has 1 aliphatic heterocycles. The van der Waals surface area contributed by atoms with Crippen LogP contribution in [0.1, 0.15) is 12.0 Å². The van der Waals surface area contributed by atoms with E-state index in [1.165, 1.54) is 17.0 Å². The summed E-state index contributed by atoms with van der Waals surface area (Å²) in [5.41, 5.74) is 10.1. The number of pyridine rings is 2. The van der Waals surface area contributed by atoms with Crippen molar-refractivity contribution in [2.75, 3.05) is 11.4 Å². The molecule has 130 valence electrons. The molecule has 0 radical (unpaired) electrons. The summed E-state index contributed by atoms with van der Waals surface area (Å²) in [6.45, 7) is 0.594. The van der Waals surface area contributed by atoms with Crippen molar-refractivity contribution in [1.82, 2.24) is 9.97 Å². The van der Waals surface area contributed by atoms with E-state index in [2.05, 4.69) is 9.97 Å². The van der Waals surface area contributed by atoms with E-state index in [0.717, 1.165) is 40.7 Å². The number of aryl methyl sites for hydroxylation is 1. The number of nitrogens with zero attached hydrogens (tertiary/aromatic N) is 3. The van der Waals surface area contributed by atoms with Crippen LogP contribution in [-0.4, -0.2) is 22.5 Å². The zero-order valence-corrected chi connectivity index (χ0v) is 14.0. The van der Waals surface area contributed by atoms with Gasteiger partial charge in [0.05, 0.1) is 0 Å². The summed E-state index contributed by atoms with van der Waals surface area (Å²) in [7, 11) is 0. The van der Waals surface area contributed by atoms with Crippen LogP contribution in [0.3, 0.4) is 0 Å². The highest BCUT2D eigenvalue weighted by atomic mass is 19.1. The molecule has 2 aromatic heterocycles. The van der Waals surface area contributed by atoms with Crippen LogP contribution in [0.15, 0.2) is 55.0 Å². The van der Waals surface area contributed by atoms with Crippen LogP contribution < -0.4 is 10.6 Å². The van der Waals surface area contributed by atoms with Crippen molar-refractivity contribution in [3.05, 3.63) is 66.4 Å². The highest BCUT2D eigenvalue weighted by molar-refractivity contribution is 5.91. The Labute approximate surface area is 150 Å². The third-order valence-electron chi connectivity index (χ3n) is 4.54. The first-order valence-corrected chi connectivity index (χ1v) is 8.39. The minimum atomic E-state index is -0.480. The van der Waals surface area contributed by atoms with Crippen molar-refractivity contribution >= 4 is 11.8 Å². The lowest BCUT2D eigenvalue weighted by Gasteiger charge is -2.26. The first kappa shape index (κ1) is 16.2. The van der Waals surface area contributed by atoms with Gasteiger partial charge in [-0.2, -0.15) is 0 Å². The quantitative estimate of drug-likeness (QED) is 0.766. The number of rotatable bonds is 2. The zero-order valence-electron chi connectivity index (χ0n) is 14.0. The highest BCUT2D eigenvalue weighted by Gasteiger charge is 2.22. The number of amides is 2. The maximum atomic E-state index is 13.1. The molecular formula is C20H17FN4O. The second-order valence-electron chi connectivity index (χ2n) is 6.27. The molecule has 0 saturated carbocycles. The molecule has 0 aliphatic carbocycles. The van der Waals surface area contributed by atoms with Gasteiger partial charge in [0.2, 0.25) is 0 Å². The Morgan fingerprint density at radius 2 is 1.69 bits per heavy atom. The van der Waals surface area contributed by atoms with Crippen LogP contribution >= 0.6 is 0 Å². The summed E-state index contributed by atoms with van der Waals surface area (Å²) in [6.07, 6.45) is 6.95. The van der Waals surface area contributed by atoms with E-state index in [-0.39, 0.29) is 5.82 Å². The van der Waals surface area contributed by atoms with E-state index in [4.69, 9.17) is 5.73 Å². The van der Waals surface area contributed by atoms with E-state index in [1.54, 1.807) is 30.7 Å². The number of anilines is 1. The Morgan fingerprint density at radius 3 is 2.42 bits per heavy atom. The van der Waals surface area contributed by atoms with Gasteiger partial charge >= 0.3 is 6.03 Å². The van der Waals surface area contributed by atoms with Crippen molar-refractivity contribution in [3.63, 3.8) is 0 Å².